The molecule has 2 bridgehead atoms. The fourth-order valence-corrected chi connectivity index (χ4v) is 2.67. The first-order chi connectivity index (χ1) is 6.68. The first kappa shape index (κ1) is 8.17. The molecular weight excluding hydrogens is 178 g/mol. The van der Waals surface area contributed by atoms with Crippen LogP contribution in [0.25, 0.3) is 0 Å². The highest BCUT2D eigenvalue weighted by molar-refractivity contribution is 5.23. The van der Waals surface area contributed by atoms with E-state index < -0.39 is 5.60 Å². The normalized spacial score (nSPS) is 39.6. The molecule has 3 rings (SSSR count). The van der Waals surface area contributed by atoms with Gasteiger partial charge in [0.2, 0.25) is 0 Å². The molecule has 2 aliphatic rings. The molecule has 0 aromatic carbocycles. The van der Waals surface area contributed by atoms with E-state index in [1.165, 1.54) is 0 Å². The zero-order valence-electron chi connectivity index (χ0n) is 8.09. The number of hydrogen-bond acceptors (Lipinski definition) is 3. The number of rotatable bonds is 1. The van der Waals surface area contributed by atoms with Crippen molar-refractivity contribution in [3.05, 3.63) is 24.0 Å². The third-order valence-corrected chi connectivity index (χ3v) is 3.41. The molecule has 0 radical (unpaired) electrons. The standard InChI is InChI=1S/C10H13N3O/c1-13-6-9(11-12-13)10(14)5-7-2-3-8(10)4-7/h2-3,6-8,14H,4-5H2,1H3. The topological polar surface area (TPSA) is 50.9 Å². The molecule has 1 aromatic rings. The Bertz CT molecular complexity index is 398. The summed E-state index contributed by atoms with van der Waals surface area (Å²) in [7, 11) is 1.82. The minimum atomic E-state index is -0.756. The van der Waals surface area contributed by atoms with Gasteiger partial charge in [0, 0.05) is 13.0 Å². The Hall–Kier alpha value is -1.16. The van der Waals surface area contributed by atoms with Gasteiger partial charge in [0.25, 0.3) is 0 Å². The molecule has 4 nitrogen and oxygen atoms in total. The summed E-state index contributed by atoms with van der Waals surface area (Å²) in [6.45, 7) is 0. The summed E-state index contributed by atoms with van der Waals surface area (Å²) in [5.41, 5.74) is -0.0370. The van der Waals surface area contributed by atoms with Gasteiger partial charge in [-0.2, -0.15) is 0 Å². The lowest BCUT2D eigenvalue weighted by Gasteiger charge is -2.27. The van der Waals surface area contributed by atoms with E-state index >= 15 is 0 Å². The van der Waals surface area contributed by atoms with E-state index in [0.717, 1.165) is 18.5 Å². The first-order valence-electron chi connectivity index (χ1n) is 4.96. The van der Waals surface area contributed by atoms with Gasteiger partial charge in [-0.15, -0.1) is 5.10 Å². The second kappa shape index (κ2) is 2.45. The SMILES string of the molecule is Cn1cc(C2(O)CC3C=CC2C3)nn1. The summed E-state index contributed by atoms with van der Waals surface area (Å²) in [6, 6.07) is 0. The van der Waals surface area contributed by atoms with Gasteiger partial charge in [0.1, 0.15) is 11.3 Å². The van der Waals surface area contributed by atoms with Gasteiger partial charge in [0.15, 0.2) is 0 Å². The van der Waals surface area contributed by atoms with Gasteiger partial charge in [-0.05, 0) is 18.8 Å². The molecule has 1 aromatic heterocycles. The van der Waals surface area contributed by atoms with E-state index in [0.29, 0.717) is 5.92 Å². The molecule has 14 heavy (non-hydrogen) atoms. The number of hydrogen-bond donors (Lipinski definition) is 1. The van der Waals surface area contributed by atoms with Gasteiger partial charge < -0.3 is 5.11 Å². The smallest absolute Gasteiger partial charge is 0.117 e. The van der Waals surface area contributed by atoms with Crippen LogP contribution in [0, 0.1) is 11.8 Å². The molecule has 1 N–H and O–H groups in total. The Morgan fingerprint density at radius 1 is 1.57 bits per heavy atom. The molecular formula is C10H13N3O. The zero-order chi connectivity index (χ0) is 9.76. The Kier molecular flexibility index (Phi) is 1.43. The molecule has 0 amide bonds. The van der Waals surface area contributed by atoms with Crippen LogP contribution in [0.15, 0.2) is 18.3 Å². The predicted molar refractivity (Wildman–Crippen MR) is 50.3 cm³/mol. The van der Waals surface area contributed by atoms with Crippen molar-refractivity contribution in [3.8, 4) is 0 Å². The first-order valence-corrected chi connectivity index (χ1v) is 4.96. The highest BCUT2D eigenvalue weighted by Gasteiger charge is 2.49. The minimum absolute atomic E-state index is 0.240. The largest absolute Gasteiger partial charge is 0.383 e. The Balaban J connectivity index is 2.02. The lowest BCUT2D eigenvalue weighted by Crippen LogP contribution is -2.30. The number of allylic oxidation sites excluding steroid dienone is 1. The Labute approximate surface area is 82.2 Å². The highest BCUT2D eigenvalue weighted by atomic mass is 16.3. The quantitative estimate of drug-likeness (QED) is 0.661. The molecule has 0 spiro atoms. The van der Waals surface area contributed by atoms with Crippen molar-refractivity contribution >= 4 is 0 Å². The molecule has 74 valence electrons. The van der Waals surface area contributed by atoms with Gasteiger partial charge in [-0.3, -0.25) is 4.68 Å². The van der Waals surface area contributed by atoms with Gasteiger partial charge in [-0.25, -0.2) is 0 Å². The van der Waals surface area contributed by atoms with Gasteiger partial charge in [-0.1, -0.05) is 17.4 Å². The van der Waals surface area contributed by atoms with Crippen LogP contribution < -0.4 is 0 Å². The average molecular weight is 191 g/mol. The number of fused-ring (bicyclic) bond motifs is 2. The van der Waals surface area contributed by atoms with Gasteiger partial charge in [0.05, 0.1) is 6.20 Å². The third kappa shape index (κ3) is 0.917. The number of aliphatic hydroxyl groups is 1. The summed E-state index contributed by atoms with van der Waals surface area (Å²) in [4.78, 5) is 0. The molecule has 1 heterocycles. The number of nitrogens with zero attached hydrogens (tertiary/aromatic N) is 3. The summed E-state index contributed by atoms with van der Waals surface area (Å²) in [5.74, 6) is 0.774. The van der Waals surface area contributed by atoms with Gasteiger partial charge >= 0.3 is 0 Å². The van der Waals surface area contributed by atoms with Crippen molar-refractivity contribution in [1.29, 1.82) is 0 Å². The lowest BCUT2D eigenvalue weighted by molar-refractivity contribution is 0.00598. The molecule has 0 aliphatic heterocycles. The van der Waals surface area contributed by atoms with Crippen LogP contribution >= 0.6 is 0 Å². The van der Waals surface area contributed by atoms with E-state index in [1.807, 2.05) is 13.2 Å². The van der Waals surface area contributed by atoms with Crippen LogP contribution in [0.3, 0.4) is 0 Å². The van der Waals surface area contributed by atoms with Crippen LogP contribution in [0.5, 0.6) is 0 Å². The highest BCUT2D eigenvalue weighted by Crippen LogP contribution is 2.50. The second-order valence-electron chi connectivity index (χ2n) is 4.39. The summed E-state index contributed by atoms with van der Waals surface area (Å²) in [5, 5.41) is 18.4. The van der Waals surface area contributed by atoms with Crippen molar-refractivity contribution in [3.63, 3.8) is 0 Å². The fraction of sp³-hybridized carbons (Fsp3) is 0.600. The van der Waals surface area contributed by atoms with Crippen molar-refractivity contribution in [2.75, 3.05) is 0 Å². The van der Waals surface area contributed by atoms with Crippen LogP contribution in [-0.2, 0) is 12.6 Å². The van der Waals surface area contributed by atoms with E-state index in [-0.39, 0.29) is 5.92 Å². The maximum Gasteiger partial charge on any atom is 0.117 e. The minimum Gasteiger partial charge on any atom is -0.383 e. The van der Waals surface area contributed by atoms with E-state index in [1.54, 1.807) is 4.68 Å². The number of aromatic nitrogens is 3. The van der Waals surface area contributed by atoms with Crippen molar-refractivity contribution in [1.82, 2.24) is 15.0 Å². The predicted octanol–water partition coefficient (Wildman–Crippen LogP) is 0.599. The lowest BCUT2D eigenvalue weighted by atomic mass is 9.86. The molecule has 2 aliphatic carbocycles. The second-order valence-corrected chi connectivity index (χ2v) is 4.39. The Morgan fingerprint density at radius 2 is 2.43 bits per heavy atom. The summed E-state index contributed by atoms with van der Waals surface area (Å²) < 4.78 is 1.64. The summed E-state index contributed by atoms with van der Waals surface area (Å²) in [6.07, 6.45) is 7.99. The molecule has 1 saturated carbocycles. The van der Waals surface area contributed by atoms with Crippen molar-refractivity contribution < 1.29 is 5.11 Å². The van der Waals surface area contributed by atoms with Crippen molar-refractivity contribution in [2.24, 2.45) is 18.9 Å². The average Bonchev–Trinajstić information content (AvgIpc) is 2.78. The monoisotopic (exact) mass is 191 g/mol. The maximum atomic E-state index is 10.5. The summed E-state index contributed by atoms with van der Waals surface area (Å²) >= 11 is 0. The molecule has 0 saturated heterocycles. The molecule has 3 unspecified atom stereocenters. The van der Waals surface area contributed by atoms with Crippen LogP contribution in [0.1, 0.15) is 18.5 Å². The zero-order valence-corrected chi connectivity index (χ0v) is 8.09. The van der Waals surface area contributed by atoms with Crippen LogP contribution in [0.4, 0.5) is 0 Å². The molecule has 1 fully saturated rings. The number of aryl methyl sites for hydroxylation is 1. The fourth-order valence-electron chi connectivity index (χ4n) is 2.67. The van der Waals surface area contributed by atoms with E-state index in [2.05, 4.69) is 22.5 Å². The van der Waals surface area contributed by atoms with E-state index in [4.69, 9.17) is 0 Å². The third-order valence-electron chi connectivity index (χ3n) is 3.41. The van der Waals surface area contributed by atoms with Crippen LogP contribution in [-0.4, -0.2) is 20.1 Å². The van der Waals surface area contributed by atoms with Crippen LogP contribution in [0.2, 0.25) is 0 Å². The molecule has 3 atom stereocenters. The van der Waals surface area contributed by atoms with E-state index in [9.17, 15) is 5.11 Å². The van der Waals surface area contributed by atoms with Crippen molar-refractivity contribution in [2.45, 2.75) is 18.4 Å². The Morgan fingerprint density at radius 3 is 2.93 bits per heavy atom. The maximum absolute atomic E-state index is 10.5. The molecule has 4 heteroatoms.